The van der Waals surface area contributed by atoms with Crippen molar-refractivity contribution in [1.29, 1.82) is 0 Å². The minimum Gasteiger partial charge on any atom is -0.465 e. The molecule has 94 valence electrons. The Hall–Kier alpha value is -1.07. The Kier molecular flexibility index (Phi) is 4.96. The lowest BCUT2D eigenvalue weighted by Crippen LogP contribution is -2.19. The van der Waals surface area contributed by atoms with Gasteiger partial charge in [0.1, 0.15) is 0 Å². The predicted molar refractivity (Wildman–Crippen MR) is 64.8 cm³/mol. The van der Waals surface area contributed by atoms with E-state index in [0.717, 1.165) is 0 Å². The Balaban J connectivity index is 2.75. The molecule has 0 aliphatic carbocycles. The second-order valence-electron chi connectivity index (χ2n) is 3.43. The summed E-state index contributed by atoms with van der Waals surface area (Å²) in [7, 11) is -3.64. The van der Waals surface area contributed by atoms with Gasteiger partial charge < -0.3 is 4.74 Å². The van der Waals surface area contributed by atoms with Gasteiger partial charge >= 0.3 is 5.97 Å². The van der Waals surface area contributed by atoms with Crippen molar-refractivity contribution in [2.45, 2.75) is 18.2 Å². The molecule has 1 aromatic rings. The number of carbonyl (C=O) groups is 1. The zero-order valence-corrected chi connectivity index (χ0v) is 10.9. The van der Waals surface area contributed by atoms with Gasteiger partial charge in [-0.05, 0) is 30.7 Å². The number of sulfone groups is 1. The Bertz CT molecular complexity index is 479. The summed E-state index contributed by atoms with van der Waals surface area (Å²) in [4.78, 5) is 11.3. The fourth-order valence-corrected chi connectivity index (χ4v) is 2.38. The molecule has 0 aromatic heterocycles. The monoisotopic (exact) mass is 276 g/mol. The van der Waals surface area contributed by atoms with Gasteiger partial charge in [-0.15, -0.1) is 0 Å². The largest absolute Gasteiger partial charge is 0.465 e. The Morgan fingerprint density at radius 3 is 2.41 bits per heavy atom. The second-order valence-corrected chi connectivity index (χ2v) is 5.86. The van der Waals surface area contributed by atoms with E-state index < -0.39 is 21.6 Å². The van der Waals surface area contributed by atoms with E-state index in [0.29, 0.717) is 11.4 Å². The van der Waals surface area contributed by atoms with Crippen molar-refractivity contribution in [3.05, 3.63) is 29.3 Å². The first-order valence-corrected chi connectivity index (χ1v) is 7.12. The highest BCUT2D eigenvalue weighted by molar-refractivity contribution is 7.92. The molecule has 0 amide bonds. The second kappa shape index (κ2) is 6.02. The summed E-state index contributed by atoms with van der Waals surface area (Å²) >= 11 is 5.65. The van der Waals surface area contributed by atoms with Crippen LogP contribution in [-0.4, -0.2) is 26.7 Å². The summed E-state index contributed by atoms with van der Waals surface area (Å²) in [5.41, 5.74) is 0. The maximum atomic E-state index is 11.8. The number of benzene rings is 1. The molecule has 0 bridgehead atoms. The molecule has 0 aliphatic heterocycles. The van der Waals surface area contributed by atoms with Crippen LogP contribution < -0.4 is 0 Å². The summed E-state index contributed by atoms with van der Waals surface area (Å²) in [6, 6.07) is 5.66. The van der Waals surface area contributed by atoms with Gasteiger partial charge in [-0.25, -0.2) is 8.42 Å². The van der Waals surface area contributed by atoms with Crippen LogP contribution in [0.1, 0.15) is 13.3 Å². The Labute approximate surface area is 105 Å². The number of rotatable bonds is 5. The van der Waals surface area contributed by atoms with Gasteiger partial charge in [-0.2, -0.15) is 0 Å². The summed E-state index contributed by atoms with van der Waals surface area (Å²) < 4.78 is 28.3. The van der Waals surface area contributed by atoms with Crippen LogP contribution in [0.4, 0.5) is 0 Å². The van der Waals surface area contributed by atoms with Crippen LogP contribution in [0.25, 0.3) is 0 Å². The highest BCUT2D eigenvalue weighted by Crippen LogP contribution is 2.15. The average Bonchev–Trinajstić information content (AvgIpc) is 2.26. The van der Waals surface area contributed by atoms with Crippen molar-refractivity contribution < 1.29 is 17.9 Å². The van der Waals surface area contributed by atoms with Crippen molar-refractivity contribution in [2.24, 2.45) is 0 Å². The lowest BCUT2D eigenvalue weighted by Gasteiger charge is -2.05. The molecule has 4 nitrogen and oxygen atoms in total. The smallest absolute Gasteiger partial charge is 0.321 e. The molecule has 17 heavy (non-hydrogen) atoms. The normalized spacial score (nSPS) is 11.2. The number of halogens is 1. The van der Waals surface area contributed by atoms with Gasteiger partial charge in [-0.3, -0.25) is 4.79 Å². The third kappa shape index (κ3) is 4.36. The first-order valence-electron chi connectivity index (χ1n) is 5.09. The fourth-order valence-electron chi connectivity index (χ4n) is 1.14. The zero-order valence-electron chi connectivity index (χ0n) is 9.35. The van der Waals surface area contributed by atoms with Crippen LogP contribution in [-0.2, 0) is 19.4 Å². The van der Waals surface area contributed by atoms with Crippen LogP contribution in [0.15, 0.2) is 29.2 Å². The highest BCUT2D eigenvalue weighted by atomic mass is 35.5. The number of hydrogen-bond acceptors (Lipinski definition) is 4. The van der Waals surface area contributed by atoms with E-state index in [1.54, 1.807) is 0 Å². The lowest BCUT2D eigenvalue weighted by atomic mass is 10.4. The van der Waals surface area contributed by atoms with Crippen LogP contribution >= 0.6 is 11.6 Å². The van der Waals surface area contributed by atoms with Gasteiger partial charge in [0, 0.05) is 5.02 Å². The molecule has 0 atom stereocenters. The molecule has 0 N–H and O–H groups in total. The summed E-state index contributed by atoms with van der Waals surface area (Å²) in [6.07, 6.45) is 0.659. The van der Waals surface area contributed by atoms with Crippen molar-refractivity contribution >= 4 is 27.4 Å². The van der Waals surface area contributed by atoms with Crippen LogP contribution in [0, 0.1) is 0 Å². The van der Waals surface area contributed by atoms with Crippen molar-refractivity contribution in [1.82, 2.24) is 0 Å². The van der Waals surface area contributed by atoms with Gasteiger partial charge in [0.25, 0.3) is 0 Å². The number of hydrogen-bond donors (Lipinski definition) is 0. The quantitative estimate of drug-likeness (QED) is 0.773. The molecule has 0 saturated heterocycles. The van der Waals surface area contributed by atoms with Gasteiger partial charge in [-0.1, -0.05) is 18.5 Å². The molecule has 0 unspecified atom stereocenters. The van der Waals surface area contributed by atoms with Crippen LogP contribution in [0.5, 0.6) is 0 Å². The molecular weight excluding hydrogens is 264 g/mol. The molecule has 0 radical (unpaired) electrons. The highest BCUT2D eigenvalue weighted by Gasteiger charge is 2.20. The first kappa shape index (κ1) is 14.0. The summed E-state index contributed by atoms with van der Waals surface area (Å²) in [6.45, 7) is 2.07. The summed E-state index contributed by atoms with van der Waals surface area (Å²) in [5.74, 6) is -1.38. The molecule has 1 rings (SSSR count). The molecule has 0 spiro atoms. The van der Waals surface area contributed by atoms with E-state index in [4.69, 9.17) is 16.3 Å². The van der Waals surface area contributed by atoms with Crippen LogP contribution in [0.3, 0.4) is 0 Å². The molecule has 0 heterocycles. The standard InChI is InChI=1S/C11H13ClO4S/c1-2-7-16-11(13)8-17(14,15)10-5-3-9(12)4-6-10/h3-6H,2,7-8H2,1H3. The van der Waals surface area contributed by atoms with E-state index in [-0.39, 0.29) is 11.5 Å². The molecule has 0 fully saturated rings. The number of esters is 1. The van der Waals surface area contributed by atoms with Gasteiger partial charge in [0.2, 0.25) is 0 Å². The summed E-state index contributed by atoms with van der Waals surface area (Å²) in [5, 5.41) is 0.442. The van der Waals surface area contributed by atoms with Gasteiger partial charge in [0.05, 0.1) is 11.5 Å². The third-order valence-electron chi connectivity index (χ3n) is 1.95. The predicted octanol–water partition coefficient (Wildman–Crippen LogP) is 2.07. The third-order valence-corrected chi connectivity index (χ3v) is 3.81. The van der Waals surface area contributed by atoms with E-state index in [2.05, 4.69) is 0 Å². The minimum atomic E-state index is -3.64. The Morgan fingerprint density at radius 1 is 1.29 bits per heavy atom. The van der Waals surface area contributed by atoms with E-state index in [1.165, 1.54) is 24.3 Å². The zero-order chi connectivity index (χ0) is 12.9. The van der Waals surface area contributed by atoms with E-state index in [9.17, 15) is 13.2 Å². The Morgan fingerprint density at radius 2 is 1.88 bits per heavy atom. The molecule has 6 heteroatoms. The van der Waals surface area contributed by atoms with Crippen molar-refractivity contribution in [3.63, 3.8) is 0 Å². The molecular formula is C11H13ClO4S. The maximum absolute atomic E-state index is 11.8. The van der Waals surface area contributed by atoms with E-state index >= 15 is 0 Å². The number of carbonyl (C=O) groups excluding carboxylic acids is 1. The average molecular weight is 277 g/mol. The minimum absolute atomic E-state index is 0.0651. The van der Waals surface area contributed by atoms with Crippen molar-refractivity contribution in [3.8, 4) is 0 Å². The van der Waals surface area contributed by atoms with Crippen LogP contribution in [0.2, 0.25) is 5.02 Å². The van der Waals surface area contributed by atoms with E-state index in [1.807, 2.05) is 6.92 Å². The number of ether oxygens (including phenoxy) is 1. The van der Waals surface area contributed by atoms with Crippen molar-refractivity contribution in [2.75, 3.05) is 12.4 Å². The first-order chi connectivity index (χ1) is 7.95. The van der Waals surface area contributed by atoms with Gasteiger partial charge in [0.15, 0.2) is 15.6 Å². The molecule has 0 aliphatic rings. The maximum Gasteiger partial charge on any atom is 0.321 e. The topological polar surface area (TPSA) is 60.4 Å². The molecule has 0 saturated carbocycles. The lowest BCUT2D eigenvalue weighted by molar-refractivity contribution is -0.140. The fraction of sp³-hybridized carbons (Fsp3) is 0.364. The SMILES string of the molecule is CCCOC(=O)CS(=O)(=O)c1ccc(Cl)cc1. The molecule has 1 aromatic carbocycles.